The maximum absolute atomic E-state index is 3.92. The molecule has 1 aromatic heterocycles. The van der Waals surface area contributed by atoms with Gasteiger partial charge in [-0.3, -0.25) is 4.68 Å². The molecule has 86 valence electrons. The summed E-state index contributed by atoms with van der Waals surface area (Å²) in [6, 6.07) is 0. The number of rotatable bonds is 8. The summed E-state index contributed by atoms with van der Waals surface area (Å²) in [5, 5.41) is 11.2. The van der Waals surface area contributed by atoms with Gasteiger partial charge in [-0.25, -0.2) is 0 Å². The Balaban J connectivity index is 1.93. The van der Waals surface area contributed by atoms with E-state index in [0.717, 1.165) is 32.0 Å². The highest BCUT2D eigenvalue weighted by Gasteiger charge is 1.99. The lowest BCUT2D eigenvalue weighted by Gasteiger charge is -2.10. The number of aromatic nitrogens is 3. The Bertz CT molecular complexity index is 233. The van der Waals surface area contributed by atoms with Gasteiger partial charge in [-0.2, -0.15) is 0 Å². The smallest absolute Gasteiger partial charge is 0.0692 e. The zero-order chi connectivity index (χ0) is 10.9. The fourth-order valence-corrected chi connectivity index (χ4v) is 1.66. The van der Waals surface area contributed by atoms with Gasteiger partial charge < -0.3 is 5.32 Å². The molecule has 1 heterocycles. The summed E-state index contributed by atoms with van der Waals surface area (Å²) in [4.78, 5) is 0. The summed E-state index contributed by atoms with van der Waals surface area (Å²) >= 11 is 0. The van der Waals surface area contributed by atoms with E-state index in [0.29, 0.717) is 0 Å². The van der Waals surface area contributed by atoms with E-state index in [4.69, 9.17) is 0 Å². The molecule has 0 aliphatic heterocycles. The molecule has 15 heavy (non-hydrogen) atoms. The number of hydrogen-bond donors (Lipinski definition) is 1. The SMILES string of the molecule is CCCC(C)CNCCCn1ccnn1. The third-order valence-corrected chi connectivity index (χ3v) is 2.49. The average Bonchev–Trinajstić information content (AvgIpc) is 2.70. The number of nitrogens with zero attached hydrogens (tertiary/aromatic N) is 3. The first-order valence-corrected chi connectivity index (χ1v) is 5.87. The van der Waals surface area contributed by atoms with Gasteiger partial charge in [0.05, 0.1) is 6.20 Å². The van der Waals surface area contributed by atoms with E-state index in [-0.39, 0.29) is 0 Å². The summed E-state index contributed by atoms with van der Waals surface area (Å²) in [6.45, 7) is 7.68. The predicted octanol–water partition coefficient (Wildman–Crippen LogP) is 1.69. The molecule has 0 bridgehead atoms. The number of nitrogens with one attached hydrogen (secondary N) is 1. The molecule has 4 heteroatoms. The van der Waals surface area contributed by atoms with Gasteiger partial charge in [0.25, 0.3) is 0 Å². The quantitative estimate of drug-likeness (QED) is 0.664. The Morgan fingerprint density at radius 2 is 2.33 bits per heavy atom. The Labute approximate surface area is 92.1 Å². The summed E-state index contributed by atoms with van der Waals surface area (Å²) in [7, 11) is 0. The molecular formula is C11H22N4. The van der Waals surface area contributed by atoms with Crippen LogP contribution in [0.25, 0.3) is 0 Å². The standard InChI is InChI=1S/C11H22N4/c1-3-5-11(2)10-12-6-4-8-15-9-7-13-14-15/h7,9,11-12H,3-6,8,10H2,1-2H3. The van der Waals surface area contributed by atoms with Crippen molar-refractivity contribution in [3.8, 4) is 0 Å². The van der Waals surface area contributed by atoms with Crippen molar-refractivity contribution in [3.05, 3.63) is 12.4 Å². The predicted molar refractivity (Wildman–Crippen MR) is 61.6 cm³/mol. The van der Waals surface area contributed by atoms with Crippen LogP contribution in [-0.2, 0) is 6.54 Å². The summed E-state index contributed by atoms with van der Waals surface area (Å²) in [6.07, 6.45) is 7.33. The lowest BCUT2D eigenvalue weighted by atomic mass is 10.1. The van der Waals surface area contributed by atoms with Crippen LogP contribution in [0.2, 0.25) is 0 Å². The Morgan fingerprint density at radius 3 is 3.00 bits per heavy atom. The largest absolute Gasteiger partial charge is 0.316 e. The molecule has 4 nitrogen and oxygen atoms in total. The molecule has 1 rings (SSSR count). The molecule has 0 fully saturated rings. The van der Waals surface area contributed by atoms with Gasteiger partial charge in [-0.05, 0) is 31.8 Å². The molecule has 1 aromatic rings. The lowest BCUT2D eigenvalue weighted by Crippen LogP contribution is -2.23. The van der Waals surface area contributed by atoms with Crippen molar-refractivity contribution in [2.75, 3.05) is 13.1 Å². The first kappa shape index (κ1) is 12.2. The monoisotopic (exact) mass is 210 g/mol. The molecule has 0 saturated carbocycles. The first-order valence-electron chi connectivity index (χ1n) is 5.87. The van der Waals surface area contributed by atoms with Crippen molar-refractivity contribution in [1.29, 1.82) is 0 Å². The second kappa shape index (κ2) is 7.40. The number of aryl methyl sites for hydroxylation is 1. The Morgan fingerprint density at radius 1 is 1.47 bits per heavy atom. The normalized spacial score (nSPS) is 12.9. The number of hydrogen-bond acceptors (Lipinski definition) is 3. The fourth-order valence-electron chi connectivity index (χ4n) is 1.66. The van der Waals surface area contributed by atoms with Crippen LogP contribution in [-0.4, -0.2) is 28.1 Å². The second-order valence-electron chi connectivity index (χ2n) is 4.12. The summed E-state index contributed by atoms with van der Waals surface area (Å²) in [5.74, 6) is 0.793. The average molecular weight is 210 g/mol. The van der Waals surface area contributed by atoms with Crippen LogP contribution >= 0.6 is 0 Å². The minimum absolute atomic E-state index is 0.793. The zero-order valence-electron chi connectivity index (χ0n) is 9.82. The molecule has 1 atom stereocenters. The Hall–Kier alpha value is -0.900. The van der Waals surface area contributed by atoms with Crippen molar-refractivity contribution >= 4 is 0 Å². The molecule has 1 unspecified atom stereocenters. The summed E-state index contributed by atoms with van der Waals surface area (Å²) < 4.78 is 1.87. The minimum atomic E-state index is 0.793. The van der Waals surface area contributed by atoms with Gasteiger partial charge in [0.1, 0.15) is 0 Å². The molecule has 1 N–H and O–H groups in total. The maximum atomic E-state index is 3.92. The molecule has 0 spiro atoms. The van der Waals surface area contributed by atoms with E-state index in [1.54, 1.807) is 6.20 Å². The highest BCUT2D eigenvalue weighted by atomic mass is 15.4. The van der Waals surface area contributed by atoms with Gasteiger partial charge in [0.15, 0.2) is 0 Å². The highest BCUT2D eigenvalue weighted by Crippen LogP contribution is 2.02. The van der Waals surface area contributed by atoms with Crippen LogP contribution in [0, 0.1) is 5.92 Å². The minimum Gasteiger partial charge on any atom is -0.316 e. The van der Waals surface area contributed by atoms with Crippen LogP contribution in [0.15, 0.2) is 12.4 Å². The van der Waals surface area contributed by atoms with Crippen LogP contribution in [0.5, 0.6) is 0 Å². The molecule has 0 aliphatic rings. The lowest BCUT2D eigenvalue weighted by molar-refractivity contribution is 0.458. The topological polar surface area (TPSA) is 42.7 Å². The Kier molecular flexibility index (Phi) is 6.00. The van der Waals surface area contributed by atoms with Gasteiger partial charge in [0.2, 0.25) is 0 Å². The van der Waals surface area contributed by atoms with E-state index in [1.807, 2.05) is 10.9 Å². The van der Waals surface area contributed by atoms with Crippen LogP contribution in [0.3, 0.4) is 0 Å². The van der Waals surface area contributed by atoms with Gasteiger partial charge >= 0.3 is 0 Å². The molecular weight excluding hydrogens is 188 g/mol. The van der Waals surface area contributed by atoms with E-state index >= 15 is 0 Å². The first-order chi connectivity index (χ1) is 7.33. The van der Waals surface area contributed by atoms with Crippen molar-refractivity contribution in [1.82, 2.24) is 20.3 Å². The van der Waals surface area contributed by atoms with E-state index in [1.165, 1.54) is 12.8 Å². The third-order valence-electron chi connectivity index (χ3n) is 2.49. The van der Waals surface area contributed by atoms with E-state index < -0.39 is 0 Å². The molecule has 0 amide bonds. The van der Waals surface area contributed by atoms with Crippen molar-refractivity contribution in [2.45, 2.75) is 39.7 Å². The van der Waals surface area contributed by atoms with E-state index in [2.05, 4.69) is 29.5 Å². The van der Waals surface area contributed by atoms with Gasteiger partial charge in [0, 0.05) is 12.7 Å². The van der Waals surface area contributed by atoms with Crippen LogP contribution in [0.1, 0.15) is 33.1 Å². The molecule has 0 aliphatic carbocycles. The highest BCUT2D eigenvalue weighted by molar-refractivity contribution is 4.64. The molecule has 0 radical (unpaired) electrons. The van der Waals surface area contributed by atoms with Gasteiger partial charge in [-0.15, -0.1) is 5.10 Å². The van der Waals surface area contributed by atoms with Crippen molar-refractivity contribution in [3.63, 3.8) is 0 Å². The zero-order valence-corrected chi connectivity index (χ0v) is 9.82. The second-order valence-corrected chi connectivity index (χ2v) is 4.12. The fraction of sp³-hybridized carbons (Fsp3) is 0.818. The third kappa shape index (κ3) is 5.52. The molecule has 0 saturated heterocycles. The van der Waals surface area contributed by atoms with Crippen LogP contribution in [0.4, 0.5) is 0 Å². The van der Waals surface area contributed by atoms with Crippen LogP contribution < -0.4 is 5.32 Å². The maximum Gasteiger partial charge on any atom is 0.0692 e. The van der Waals surface area contributed by atoms with Crippen molar-refractivity contribution in [2.24, 2.45) is 5.92 Å². The van der Waals surface area contributed by atoms with Crippen molar-refractivity contribution < 1.29 is 0 Å². The summed E-state index contributed by atoms with van der Waals surface area (Å²) in [5.41, 5.74) is 0. The molecule has 0 aromatic carbocycles. The van der Waals surface area contributed by atoms with E-state index in [9.17, 15) is 0 Å². The van der Waals surface area contributed by atoms with Gasteiger partial charge in [-0.1, -0.05) is 25.5 Å².